The highest BCUT2D eigenvalue weighted by atomic mass is 32.2. The number of benzene rings is 1. The molecule has 1 saturated heterocycles. The van der Waals surface area contributed by atoms with E-state index < -0.39 is 16.0 Å². The molecule has 2 rings (SSSR count). The summed E-state index contributed by atoms with van der Waals surface area (Å²) in [6.07, 6.45) is 0. The van der Waals surface area contributed by atoms with Gasteiger partial charge < -0.3 is 9.84 Å². The van der Waals surface area contributed by atoms with Gasteiger partial charge in [-0.05, 0) is 37.1 Å². The number of aromatic carboxylic acids is 1. The lowest BCUT2D eigenvalue weighted by molar-refractivity contribution is 0.0696. The second-order valence-electron chi connectivity index (χ2n) is 6.78. The Morgan fingerprint density at radius 1 is 1.30 bits per heavy atom. The molecule has 0 spiro atoms. The van der Waals surface area contributed by atoms with Crippen LogP contribution in [-0.4, -0.2) is 50.1 Å². The van der Waals surface area contributed by atoms with E-state index in [-0.39, 0.29) is 22.4 Å². The van der Waals surface area contributed by atoms with Crippen LogP contribution in [0.5, 0.6) is 0 Å². The highest BCUT2D eigenvalue weighted by molar-refractivity contribution is 7.89. The average molecular weight is 341 g/mol. The fourth-order valence-corrected chi connectivity index (χ4v) is 4.62. The van der Waals surface area contributed by atoms with E-state index in [9.17, 15) is 18.3 Å². The lowest BCUT2D eigenvalue weighted by Crippen LogP contribution is -2.39. The average Bonchev–Trinajstić information content (AvgIpc) is 2.62. The van der Waals surface area contributed by atoms with Crippen LogP contribution in [0.2, 0.25) is 0 Å². The predicted octanol–water partition coefficient (Wildman–Crippen LogP) is 2.05. The minimum atomic E-state index is -3.78. The first-order valence-corrected chi connectivity index (χ1v) is 8.91. The van der Waals surface area contributed by atoms with Gasteiger partial charge in [-0.25, -0.2) is 13.2 Å². The van der Waals surface area contributed by atoms with E-state index in [2.05, 4.69) is 0 Å². The monoisotopic (exact) mass is 341 g/mol. The van der Waals surface area contributed by atoms with Crippen molar-refractivity contribution in [1.82, 2.24) is 4.31 Å². The molecule has 0 radical (unpaired) electrons. The number of nitrogens with zero attached hydrogens (tertiary/aromatic N) is 1. The molecule has 1 aromatic carbocycles. The van der Waals surface area contributed by atoms with Crippen LogP contribution >= 0.6 is 0 Å². The Bertz CT molecular complexity index is 724. The molecule has 128 valence electrons. The highest BCUT2D eigenvalue weighted by Crippen LogP contribution is 2.28. The number of hydrogen-bond acceptors (Lipinski definition) is 4. The third kappa shape index (κ3) is 3.73. The van der Waals surface area contributed by atoms with Crippen molar-refractivity contribution in [2.75, 3.05) is 26.3 Å². The van der Waals surface area contributed by atoms with Crippen molar-refractivity contribution in [2.24, 2.45) is 5.41 Å². The minimum absolute atomic E-state index is 0.0167. The molecule has 23 heavy (non-hydrogen) atoms. The molecule has 0 unspecified atom stereocenters. The molecular weight excluding hydrogens is 318 g/mol. The van der Waals surface area contributed by atoms with Crippen molar-refractivity contribution in [3.8, 4) is 0 Å². The van der Waals surface area contributed by atoms with Crippen molar-refractivity contribution in [3.63, 3.8) is 0 Å². The van der Waals surface area contributed by atoms with Gasteiger partial charge in [-0.1, -0.05) is 13.8 Å². The maximum atomic E-state index is 13.1. The first-order chi connectivity index (χ1) is 10.5. The Morgan fingerprint density at radius 2 is 1.96 bits per heavy atom. The van der Waals surface area contributed by atoms with Gasteiger partial charge in [0.2, 0.25) is 10.0 Å². The Hall–Kier alpha value is -1.44. The molecule has 0 aliphatic carbocycles. The molecule has 1 heterocycles. The summed E-state index contributed by atoms with van der Waals surface area (Å²) in [5, 5.41) is 9.20. The number of carbonyl (C=O) groups is 1. The fourth-order valence-electron chi connectivity index (χ4n) is 2.68. The van der Waals surface area contributed by atoms with E-state index in [0.29, 0.717) is 30.9 Å². The lowest BCUT2D eigenvalue weighted by atomic mass is 9.95. The van der Waals surface area contributed by atoms with Crippen LogP contribution in [0.25, 0.3) is 0 Å². The van der Waals surface area contributed by atoms with Gasteiger partial charge in [-0.2, -0.15) is 4.31 Å². The zero-order valence-electron chi connectivity index (χ0n) is 13.9. The second kappa shape index (κ2) is 6.22. The molecule has 0 atom stereocenters. The molecule has 1 fully saturated rings. The van der Waals surface area contributed by atoms with Crippen molar-refractivity contribution < 1.29 is 23.1 Å². The lowest BCUT2D eigenvalue weighted by Gasteiger charge is -2.28. The SMILES string of the molecule is Cc1cc(C(=O)O)cc(S(=O)(=O)N2CCOCC(C)(C)C2)c1C. The number of rotatable bonds is 3. The molecule has 0 amide bonds. The van der Waals surface area contributed by atoms with Crippen LogP contribution in [0.4, 0.5) is 0 Å². The van der Waals surface area contributed by atoms with Gasteiger partial charge in [0, 0.05) is 18.5 Å². The summed E-state index contributed by atoms with van der Waals surface area (Å²) in [7, 11) is -3.78. The van der Waals surface area contributed by atoms with Crippen LogP contribution in [0.1, 0.15) is 35.3 Å². The number of aryl methyl sites for hydroxylation is 1. The molecule has 7 heteroatoms. The van der Waals surface area contributed by atoms with E-state index in [1.54, 1.807) is 13.8 Å². The Kier molecular flexibility index (Phi) is 4.84. The van der Waals surface area contributed by atoms with Crippen molar-refractivity contribution in [1.29, 1.82) is 0 Å². The van der Waals surface area contributed by atoms with E-state index in [0.717, 1.165) is 0 Å². The summed E-state index contributed by atoms with van der Waals surface area (Å²) in [5.41, 5.74) is 0.917. The fraction of sp³-hybridized carbons (Fsp3) is 0.562. The molecule has 6 nitrogen and oxygen atoms in total. The third-order valence-electron chi connectivity index (χ3n) is 4.07. The summed E-state index contributed by atoms with van der Waals surface area (Å²) >= 11 is 0. The summed E-state index contributed by atoms with van der Waals surface area (Å²) in [5.74, 6) is -1.14. The van der Waals surface area contributed by atoms with Crippen LogP contribution in [0, 0.1) is 19.3 Å². The number of ether oxygens (including phenoxy) is 1. The summed E-state index contributed by atoms with van der Waals surface area (Å²) in [4.78, 5) is 11.3. The zero-order valence-corrected chi connectivity index (χ0v) is 14.7. The van der Waals surface area contributed by atoms with E-state index >= 15 is 0 Å². The first kappa shape index (κ1) is 17.9. The molecule has 0 saturated carbocycles. The number of carboxylic acid groups (broad SMARTS) is 1. The smallest absolute Gasteiger partial charge is 0.335 e. The maximum absolute atomic E-state index is 13.1. The summed E-state index contributed by atoms with van der Waals surface area (Å²) in [6, 6.07) is 2.74. The van der Waals surface area contributed by atoms with Gasteiger partial charge >= 0.3 is 5.97 Å². The third-order valence-corrected chi connectivity index (χ3v) is 6.04. The van der Waals surface area contributed by atoms with Crippen molar-refractivity contribution in [3.05, 3.63) is 28.8 Å². The van der Waals surface area contributed by atoms with Crippen LogP contribution in [0.15, 0.2) is 17.0 Å². The molecule has 0 bridgehead atoms. The number of sulfonamides is 1. The van der Waals surface area contributed by atoms with Gasteiger partial charge in [0.25, 0.3) is 0 Å². The Morgan fingerprint density at radius 3 is 2.57 bits per heavy atom. The van der Waals surface area contributed by atoms with Gasteiger partial charge in [-0.15, -0.1) is 0 Å². The Balaban J connectivity index is 2.52. The molecule has 1 aliphatic heterocycles. The number of carboxylic acids is 1. The largest absolute Gasteiger partial charge is 0.478 e. The summed E-state index contributed by atoms with van der Waals surface area (Å²) in [6.45, 7) is 8.75. The minimum Gasteiger partial charge on any atom is -0.478 e. The van der Waals surface area contributed by atoms with Crippen LogP contribution < -0.4 is 0 Å². The van der Waals surface area contributed by atoms with Gasteiger partial charge in [-0.3, -0.25) is 0 Å². The topological polar surface area (TPSA) is 83.9 Å². The molecule has 0 aromatic heterocycles. The normalized spacial score (nSPS) is 19.3. The standard InChI is InChI=1S/C16H23NO5S/c1-11-7-13(15(18)19)8-14(12(11)2)23(20,21)17-5-6-22-10-16(3,4)9-17/h7-8H,5-6,9-10H2,1-4H3,(H,18,19). The van der Waals surface area contributed by atoms with E-state index in [1.165, 1.54) is 16.4 Å². The van der Waals surface area contributed by atoms with Gasteiger partial charge in [0.15, 0.2) is 0 Å². The molecular formula is C16H23NO5S. The first-order valence-electron chi connectivity index (χ1n) is 7.47. The quantitative estimate of drug-likeness (QED) is 0.909. The molecule has 1 aromatic rings. The van der Waals surface area contributed by atoms with Crippen molar-refractivity contribution >= 4 is 16.0 Å². The number of hydrogen-bond donors (Lipinski definition) is 1. The van der Waals surface area contributed by atoms with Gasteiger partial charge in [0.05, 0.1) is 23.7 Å². The van der Waals surface area contributed by atoms with Crippen LogP contribution in [-0.2, 0) is 14.8 Å². The highest BCUT2D eigenvalue weighted by Gasteiger charge is 2.34. The Labute approximate surface area is 137 Å². The van der Waals surface area contributed by atoms with Gasteiger partial charge in [0.1, 0.15) is 0 Å². The second-order valence-corrected chi connectivity index (χ2v) is 8.68. The van der Waals surface area contributed by atoms with E-state index in [4.69, 9.17) is 4.74 Å². The summed E-state index contributed by atoms with van der Waals surface area (Å²) < 4.78 is 33.0. The molecule has 1 N–H and O–H groups in total. The van der Waals surface area contributed by atoms with Crippen LogP contribution in [0.3, 0.4) is 0 Å². The molecule has 1 aliphatic rings. The predicted molar refractivity (Wildman–Crippen MR) is 86.2 cm³/mol. The maximum Gasteiger partial charge on any atom is 0.335 e. The zero-order chi connectivity index (χ0) is 17.4. The van der Waals surface area contributed by atoms with Crippen molar-refractivity contribution in [2.45, 2.75) is 32.6 Å². The van der Waals surface area contributed by atoms with E-state index in [1.807, 2.05) is 13.8 Å².